The summed E-state index contributed by atoms with van der Waals surface area (Å²) in [6.07, 6.45) is 0.766. The van der Waals surface area contributed by atoms with E-state index in [-0.39, 0.29) is 22.4 Å². The van der Waals surface area contributed by atoms with Crippen LogP contribution in [0.3, 0.4) is 0 Å². The predicted octanol–water partition coefficient (Wildman–Crippen LogP) is 1.83. The molecule has 1 heterocycles. The molecule has 0 aliphatic rings. The summed E-state index contributed by atoms with van der Waals surface area (Å²) in [7, 11) is -1.81. The fourth-order valence-electron chi connectivity index (χ4n) is 1.86. The quantitative estimate of drug-likeness (QED) is 0.518. The summed E-state index contributed by atoms with van der Waals surface area (Å²) in [6.45, 7) is 2.31. The van der Waals surface area contributed by atoms with Crippen LogP contribution < -0.4 is 0 Å². The van der Waals surface area contributed by atoms with E-state index in [1.807, 2.05) is 6.92 Å². The average Bonchev–Trinajstić information content (AvgIpc) is 2.91. The van der Waals surface area contributed by atoms with Gasteiger partial charge in [0.1, 0.15) is 11.6 Å². The zero-order valence-electron chi connectivity index (χ0n) is 13.5. The minimum Gasteiger partial charge on any atom is -0.465 e. The maximum atomic E-state index is 12.4. The first-order valence-corrected chi connectivity index (χ1v) is 10.0. The Bertz CT molecular complexity index is 788. The van der Waals surface area contributed by atoms with Gasteiger partial charge in [-0.05, 0) is 18.6 Å². The first kappa shape index (κ1) is 18.5. The second-order valence-corrected chi connectivity index (χ2v) is 7.97. The van der Waals surface area contributed by atoms with Crippen molar-refractivity contribution in [2.24, 2.45) is 7.05 Å². The molecule has 1 aromatic carbocycles. The topological polar surface area (TPSA) is 91.2 Å². The van der Waals surface area contributed by atoms with Gasteiger partial charge in [-0.1, -0.05) is 36.9 Å². The second-order valence-electron chi connectivity index (χ2n) is 5.04. The molecule has 0 aliphatic carbocycles. The lowest BCUT2D eigenvalue weighted by molar-refractivity contribution is -0.140. The number of ether oxygens (including phenoxy) is 1. The highest BCUT2D eigenvalue weighted by Gasteiger charge is 2.20. The number of benzene rings is 1. The van der Waals surface area contributed by atoms with Crippen LogP contribution in [0.4, 0.5) is 0 Å². The van der Waals surface area contributed by atoms with E-state index in [0.29, 0.717) is 17.6 Å². The van der Waals surface area contributed by atoms with Crippen molar-refractivity contribution < 1.29 is 17.9 Å². The summed E-state index contributed by atoms with van der Waals surface area (Å²) in [6, 6.07) is 8.20. The Labute approximate surface area is 145 Å². The van der Waals surface area contributed by atoms with E-state index < -0.39 is 9.84 Å². The maximum Gasteiger partial charge on any atom is 0.316 e. The lowest BCUT2D eigenvalue weighted by Gasteiger charge is -2.05. The number of thioether (sulfide) groups is 1. The van der Waals surface area contributed by atoms with Crippen LogP contribution in [0.5, 0.6) is 0 Å². The molecule has 0 amide bonds. The molecule has 0 unspecified atom stereocenters. The molecule has 0 saturated heterocycles. The van der Waals surface area contributed by atoms with Gasteiger partial charge in [-0.2, -0.15) is 0 Å². The zero-order chi connectivity index (χ0) is 17.6. The van der Waals surface area contributed by atoms with Gasteiger partial charge in [0.25, 0.3) is 0 Å². The highest BCUT2D eigenvalue weighted by Crippen LogP contribution is 2.19. The van der Waals surface area contributed by atoms with E-state index >= 15 is 0 Å². The summed E-state index contributed by atoms with van der Waals surface area (Å²) >= 11 is 1.17. The van der Waals surface area contributed by atoms with Crippen molar-refractivity contribution in [3.05, 3.63) is 36.2 Å². The van der Waals surface area contributed by atoms with Crippen LogP contribution in [-0.2, 0) is 32.2 Å². The maximum absolute atomic E-state index is 12.4. The van der Waals surface area contributed by atoms with Crippen molar-refractivity contribution in [3.63, 3.8) is 0 Å². The number of hydrogen-bond donors (Lipinski definition) is 0. The lowest BCUT2D eigenvalue weighted by atomic mass is 10.4. The highest BCUT2D eigenvalue weighted by atomic mass is 32.2. The van der Waals surface area contributed by atoms with Gasteiger partial charge in [-0.25, -0.2) is 8.42 Å². The van der Waals surface area contributed by atoms with Crippen LogP contribution in [0, 0.1) is 0 Å². The minimum absolute atomic E-state index is 0.109. The summed E-state index contributed by atoms with van der Waals surface area (Å²) in [5.74, 6) is -0.148. The van der Waals surface area contributed by atoms with Gasteiger partial charge >= 0.3 is 5.97 Å². The molecule has 0 radical (unpaired) electrons. The second kappa shape index (κ2) is 8.29. The molecule has 2 rings (SSSR count). The molecule has 130 valence electrons. The summed E-state index contributed by atoms with van der Waals surface area (Å²) in [4.78, 5) is 11.8. The van der Waals surface area contributed by atoms with Crippen LogP contribution in [-0.4, -0.2) is 41.5 Å². The van der Waals surface area contributed by atoms with Crippen LogP contribution >= 0.6 is 11.8 Å². The first-order chi connectivity index (χ1) is 11.4. The molecular formula is C15H19N3O4S2. The van der Waals surface area contributed by atoms with E-state index in [2.05, 4.69) is 10.2 Å². The molecule has 2 aromatic rings. The van der Waals surface area contributed by atoms with Gasteiger partial charge in [0, 0.05) is 7.05 Å². The fourth-order valence-corrected chi connectivity index (χ4v) is 3.92. The molecule has 0 aliphatic heterocycles. The van der Waals surface area contributed by atoms with E-state index in [1.165, 1.54) is 11.8 Å². The molecule has 0 bridgehead atoms. The number of hydrogen-bond acceptors (Lipinski definition) is 7. The number of carbonyl (C=O) groups is 1. The summed E-state index contributed by atoms with van der Waals surface area (Å²) in [5.41, 5.74) is 0. The molecule has 9 heteroatoms. The van der Waals surface area contributed by atoms with Gasteiger partial charge in [0.2, 0.25) is 0 Å². The number of nitrogens with zero attached hydrogens (tertiary/aromatic N) is 3. The van der Waals surface area contributed by atoms with Crippen molar-refractivity contribution in [2.75, 3.05) is 12.4 Å². The third-order valence-electron chi connectivity index (χ3n) is 3.13. The summed E-state index contributed by atoms with van der Waals surface area (Å²) in [5, 5.41) is 8.35. The standard InChI is InChI=1S/C15H19N3O4S2/c1-3-9-22-14(19)10-23-15-17-16-13(18(15)2)11-24(20,21)12-7-5-4-6-8-12/h4-8H,3,9-11H2,1-2H3. The van der Waals surface area contributed by atoms with Gasteiger partial charge in [0.05, 0.1) is 17.3 Å². The average molecular weight is 369 g/mol. The molecule has 0 atom stereocenters. The molecule has 0 fully saturated rings. The van der Waals surface area contributed by atoms with Crippen molar-refractivity contribution >= 4 is 27.6 Å². The van der Waals surface area contributed by atoms with Crippen LogP contribution in [0.15, 0.2) is 40.4 Å². The highest BCUT2D eigenvalue weighted by molar-refractivity contribution is 7.99. The number of aromatic nitrogens is 3. The van der Waals surface area contributed by atoms with Gasteiger partial charge in [-0.3, -0.25) is 4.79 Å². The van der Waals surface area contributed by atoms with Crippen LogP contribution in [0.1, 0.15) is 19.2 Å². The Morgan fingerprint density at radius 3 is 2.62 bits per heavy atom. The summed E-state index contributed by atoms with van der Waals surface area (Å²) < 4.78 is 31.3. The number of carbonyl (C=O) groups excluding carboxylic acids is 1. The molecule has 0 saturated carbocycles. The molecule has 7 nitrogen and oxygen atoms in total. The Hall–Kier alpha value is -1.87. The molecule has 0 N–H and O–H groups in total. The molecular weight excluding hydrogens is 350 g/mol. The Morgan fingerprint density at radius 1 is 1.25 bits per heavy atom. The van der Waals surface area contributed by atoms with E-state index in [1.54, 1.807) is 41.9 Å². The zero-order valence-corrected chi connectivity index (χ0v) is 15.1. The van der Waals surface area contributed by atoms with Crippen molar-refractivity contribution in [1.29, 1.82) is 0 Å². The van der Waals surface area contributed by atoms with E-state index in [9.17, 15) is 13.2 Å². The van der Waals surface area contributed by atoms with E-state index in [4.69, 9.17) is 4.74 Å². The third-order valence-corrected chi connectivity index (χ3v) is 5.76. The van der Waals surface area contributed by atoms with Gasteiger partial charge in [-0.15, -0.1) is 10.2 Å². The Kier molecular flexibility index (Phi) is 6.38. The third kappa shape index (κ3) is 4.81. The predicted molar refractivity (Wildman–Crippen MR) is 90.3 cm³/mol. The minimum atomic E-state index is -3.49. The normalized spacial score (nSPS) is 11.4. The first-order valence-electron chi connectivity index (χ1n) is 7.38. The van der Waals surface area contributed by atoms with Gasteiger partial charge in [0.15, 0.2) is 15.0 Å². The molecule has 1 aromatic heterocycles. The molecule has 0 spiro atoms. The molecule has 24 heavy (non-hydrogen) atoms. The van der Waals surface area contributed by atoms with Crippen LogP contribution in [0.2, 0.25) is 0 Å². The Balaban J connectivity index is 2.03. The Morgan fingerprint density at radius 2 is 1.96 bits per heavy atom. The van der Waals surface area contributed by atoms with Gasteiger partial charge < -0.3 is 9.30 Å². The van der Waals surface area contributed by atoms with Crippen molar-refractivity contribution in [3.8, 4) is 0 Å². The monoisotopic (exact) mass is 369 g/mol. The largest absolute Gasteiger partial charge is 0.465 e. The smallest absolute Gasteiger partial charge is 0.316 e. The van der Waals surface area contributed by atoms with E-state index in [0.717, 1.165) is 6.42 Å². The van der Waals surface area contributed by atoms with Crippen molar-refractivity contribution in [1.82, 2.24) is 14.8 Å². The fraction of sp³-hybridized carbons (Fsp3) is 0.400. The van der Waals surface area contributed by atoms with Crippen molar-refractivity contribution in [2.45, 2.75) is 29.1 Å². The lowest BCUT2D eigenvalue weighted by Crippen LogP contribution is -2.11. The SMILES string of the molecule is CCCOC(=O)CSc1nnc(CS(=O)(=O)c2ccccc2)n1C. The number of rotatable bonds is 8. The van der Waals surface area contributed by atoms with Crippen LogP contribution in [0.25, 0.3) is 0 Å². The number of sulfone groups is 1. The number of esters is 1.